The van der Waals surface area contributed by atoms with Gasteiger partial charge in [0.15, 0.2) is 0 Å². The molecule has 0 spiro atoms. The molecule has 1 aliphatic heterocycles. The molecule has 1 heterocycles. The van der Waals surface area contributed by atoms with E-state index in [1.807, 2.05) is 84.9 Å². The molecule has 6 heteroatoms. The Kier molecular flexibility index (Phi) is 7.18. The highest BCUT2D eigenvalue weighted by atomic mass is 16.3. The quantitative estimate of drug-likeness (QED) is 0.571. The lowest BCUT2D eigenvalue weighted by molar-refractivity contribution is -0.132. The molecule has 0 fully saturated rings. The number of aryl methyl sites for hydroxylation is 1. The van der Waals surface area contributed by atoms with Crippen molar-refractivity contribution in [1.82, 2.24) is 5.32 Å². The van der Waals surface area contributed by atoms with Gasteiger partial charge in [0, 0.05) is 18.2 Å². The Hall–Kier alpha value is -3.77. The van der Waals surface area contributed by atoms with Crippen molar-refractivity contribution in [2.75, 3.05) is 11.9 Å². The van der Waals surface area contributed by atoms with Crippen molar-refractivity contribution in [3.63, 3.8) is 0 Å². The standard InChI is InChI=1S/C28H29N3O3/c1-19(24(32)18-17-20-11-5-3-6-12-20)27(33)30-26-28(34)31(2)23-16-10-9-15-22(23)25(29-26)21-13-7-4-8-14-21/h3-16,19,24,26,32H,17-18H2,1-2H3,(H,30,33). The van der Waals surface area contributed by atoms with Crippen LogP contribution in [0.5, 0.6) is 0 Å². The fourth-order valence-corrected chi connectivity index (χ4v) is 4.09. The summed E-state index contributed by atoms with van der Waals surface area (Å²) in [4.78, 5) is 32.5. The Morgan fingerprint density at radius 2 is 1.62 bits per heavy atom. The number of carbonyl (C=O) groups excluding carboxylic acids is 2. The average molecular weight is 456 g/mol. The maximum Gasteiger partial charge on any atom is 0.272 e. The SMILES string of the molecule is CC(C(=O)NC1N=C(c2ccccc2)c2ccccc2N(C)C1=O)C(O)CCc1ccccc1. The summed E-state index contributed by atoms with van der Waals surface area (Å²) in [5, 5.41) is 13.4. The summed E-state index contributed by atoms with van der Waals surface area (Å²) in [7, 11) is 1.68. The number of benzene rings is 3. The van der Waals surface area contributed by atoms with Crippen LogP contribution in [0, 0.1) is 5.92 Å². The van der Waals surface area contributed by atoms with E-state index in [2.05, 4.69) is 5.32 Å². The second kappa shape index (κ2) is 10.4. The van der Waals surface area contributed by atoms with Crippen molar-refractivity contribution >= 4 is 23.2 Å². The molecular weight excluding hydrogens is 426 g/mol. The Morgan fingerprint density at radius 1 is 1.00 bits per heavy atom. The summed E-state index contributed by atoms with van der Waals surface area (Å²) < 4.78 is 0. The van der Waals surface area contributed by atoms with Crippen LogP contribution in [0.3, 0.4) is 0 Å². The third kappa shape index (κ3) is 5.07. The van der Waals surface area contributed by atoms with Crippen molar-refractivity contribution in [2.45, 2.75) is 32.0 Å². The number of benzodiazepines with no additional fused rings is 1. The summed E-state index contributed by atoms with van der Waals surface area (Å²) in [5.74, 6) is -1.44. The summed E-state index contributed by atoms with van der Waals surface area (Å²) in [5.41, 5.74) is 4.13. The molecule has 2 N–H and O–H groups in total. The lowest BCUT2D eigenvalue weighted by Crippen LogP contribution is -2.49. The summed E-state index contributed by atoms with van der Waals surface area (Å²) in [6, 6.07) is 27.0. The van der Waals surface area contributed by atoms with E-state index in [1.54, 1.807) is 14.0 Å². The van der Waals surface area contributed by atoms with Gasteiger partial charge < -0.3 is 15.3 Å². The lowest BCUT2D eigenvalue weighted by atomic mass is 9.97. The second-order valence-electron chi connectivity index (χ2n) is 8.55. The van der Waals surface area contributed by atoms with E-state index in [-0.39, 0.29) is 5.91 Å². The monoisotopic (exact) mass is 455 g/mol. The number of anilines is 1. The van der Waals surface area contributed by atoms with E-state index in [1.165, 1.54) is 4.90 Å². The van der Waals surface area contributed by atoms with Gasteiger partial charge in [0.25, 0.3) is 5.91 Å². The van der Waals surface area contributed by atoms with Crippen LogP contribution in [0.25, 0.3) is 0 Å². The van der Waals surface area contributed by atoms with Gasteiger partial charge in [-0.15, -0.1) is 0 Å². The molecular formula is C28H29N3O3. The third-order valence-corrected chi connectivity index (χ3v) is 6.23. The molecule has 0 aromatic heterocycles. The van der Waals surface area contributed by atoms with Crippen molar-refractivity contribution in [1.29, 1.82) is 0 Å². The largest absolute Gasteiger partial charge is 0.392 e. The molecule has 3 aromatic carbocycles. The molecule has 4 rings (SSSR count). The number of carbonyl (C=O) groups is 2. The zero-order valence-corrected chi connectivity index (χ0v) is 19.4. The van der Waals surface area contributed by atoms with Gasteiger partial charge in [-0.1, -0.05) is 85.8 Å². The molecule has 174 valence electrons. The second-order valence-corrected chi connectivity index (χ2v) is 8.55. The van der Waals surface area contributed by atoms with E-state index in [9.17, 15) is 14.7 Å². The van der Waals surface area contributed by atoms with Gasteiger partial charge in [0.1, 0.15) is 0 Å². The van der Waals surface area contributed by atoms with E-state index >= 15 is 0 Å². The highest BCUT2D eigenvalue weighted by Crippen LogP contribution is 2.27. The first-order valence-electron chi connectivity index (χ1n) is 11.5. The first kappa shape index (κ1) is 23.4. The minimum Gasteiger partial charge on any atom is -0.392 e. The lowest BCUT2D eigenvalue weighted by Gasteiger charge is -2.23. The van der Waals surface area contributed by atoms with Crippen molar-refractivity contribution in [3.05, 3.63) is 102 Å². The number of aliphatic hydroxyl groups excluding tert-OH is 1. The van der Waals surface area contributed by atoms with Crippen LogP contribution in [0.1, 0.15) is 30.0 Å². The van der Waals surface area contributed by atoms with Crippen LogP contribution in [0.15, 0.2) is 89.9 Å². The Labute approximate surface area is 200 Å². The van der Waals surface area contributed by atoms with E-state index in [0.29, 0.717) is 18.6 Å². The average Bonchev–Trinajstić information content (AvgIpc) is 2.98. The zero-order valence-electron chi connectivity index (χ0n) is 19.4. The molecule has 0 bridgehead atoms. The van der Waals surface area contributed by atoms with E-state index in [0.717, 1.165) is 22.4 Å². The minimum atomic E-state index is -1.09. The summed E-state index contributed by atoms with van der Waals surface area (Å²) in [6.45, 7) is 1.67. The Bertz CT molecular complexity index is 1180. The van der Waals surface area contributed by atoms with Crippen LogP contribution in [-0.4, -0.2) is 41.9 Å². The maximum absolute atomic E-state index is 13.3. The number of aliphatic imine (C=N–C) groups is 1. The van der Waals surface area contributed by atoms with Crippen LogP contribution >= 0.6 is 0 Å². The van der Waals surface area contributed by atoms with Crippen molar-refractivity contribution in [2.24, 2.45) is 10.9 Å². The van der Waals surface area contributed by atoms with Crippen LogP contribution in [-0.2, 0) is 16.0 Å². The number of likely N-dealkylation sites (N-methyl/N-ethyl adjacent to an activating group) is 1. The number of hydrogen-bond acceptors (Lipinski definition) is 4. The van der Waals surface area contributed by atoms with Gasteiger partial charge in [-0.05, 0) is 24.5 Å². The van der Waals surface area contributed by atoms with Gasteiger partial charge in [0.05, 0.1) is 23.4 Å². The normalized spacial score (nSPS) is 17.3. The molecule has 0 saturated carbocycles. The van der Waals surface area contributed by atoms with Crippen molar-refractivity contribution in [3.8, 4) is 0 Å². The van der Waals surface area contributed by atoms with Gasteiger partial charge in [-0.2, -0.15) is 0 Å². The summed E-state index contributed by atoms with van der Waals surface area (Å²) in [6.07, 6.45) is -0.824. The number of para-hydroxylation sites is 1. The maximum atomic E-state index is 13.3. The van der Waals surface area contributed by atoms with E-state index in [4.69, 9.17) is 4.99 Å². The molecule has 2 amide bonds. The molecule has 3 aromatic rings. The molecule has 6 nitrogen and oxygen atoms in total. The number of amides is 2. The van der Waals surface area contributed by atoms with Gasteiger partial charge >= 0.3 is 0 Å². The predicted octanol–water partition coefficient (Wildman–Crippen LogP) is 3.57. The minimum absolute atomic E-state index is 0.335. The number of nitrogens with one attached hydrogen (secondary N) is 1. The smallest absolute Gasteiger partial charge is 0.272 e. The number of aliphatic hydroxyl groups is 1. The van der Waals surface area contributed by atoms with Gasteiger partial charge in [-0.3, -0.25) is 9.59 Å². The highest BCUT2D eigenvalue weighted by molar-refractivity contribution is 6.20. The molecule has 0 aliphatic carbocycles. The fourth-order valence-electron chi connectivity index (χ4n) is 4.09. The predicted molar refractivity (Wildman–Crippen MR) is 134 cm³/mol. The van der Waals surface area contributed by atoms with Crippen LogP contribution in [0.4, 0.5) is 5.69 Å². The zero-order chi connectivity index (χ0) is 24.1. The first-order chi connectivity index (χ1) is 16.5. The number of rotatable bonds is 7. The number of hydrogen-bond donors (Lipinski definition) is 2. The third-order valence-electron chi connectivity index (χ3n) is 6.23. The molecule has 34 heavy (non-hydrogen) atoms. The van der Waals surface area contributed by atoms with Crippen molar-refractivity contribution < 1.29 is 14.7 Å². The fraction of sp³-hybridized carbons (Fsp3) is 0.250. The highest BCUT2D eigenvalue weighted by Gasteiger charge is 2.33. The molecule has 3 atom stereocenters. The first-order valence-corrected chi connectivity index (χ1v) is 11.5. The summed E-state index contributed by atoms with van der Waals surface area (Å²) >= 11 is 0. The van der Waals surface area contributed by atoms with Crippen LogP contribution in [0.2, 0.25) is 0 Å². The number of fused-ring (bicyclic) bond motifs is 1. The van der Waals surface area contributed by atoms with Crippen LogP contribution < -0.4 is 10.2 Å². The molecule has 0 saturated heterocycles. The van der Waals surface area contributed by atoms with Gasteiger partial charge in [0.2, 0.25) is 12.1 Å². The molecule has 1 aliphatic rings. The van der Waals surface area contributed by atoms with E-state index < -0.39 is 24.1 Å². The molecule has 3 unspecified atom stereocenters. The number of nitrogens with zero attached hydrogens (tertiary/aromatic N) is 2. The topological polar surface area (TPSA) is 82.0 Å². The molecule has 0 radical (unpaired) electrons. The Balaban J connectivity index is 1.55. The van der Waals surface area contributed by atoms with Gasteiger partial charge in [-0.25, -0.2) is 4.99 Å². The Morgan fingerprint density at radius 3 is 2.32 bits per heavy atom.